The highest BCUT2D eigenvalue weighted by molar-refractivity contribution is 6.03. The molecule has 0 atom stereocenters. The molecule has 28 heavy (non-hydrogen) atoms. The second kappa shape index (κ2) is 7.59. The van der Waals surface area contributed by atoms with Crippen molar-refractivity contribution in [1.82, 2.24) is 9.97 Å². The molecule has 0 radical (unpaired) electrons. The lowest BCUT2D eigenvalue weighted by Gasteiger charge is -2.13. The maximum absolute atomic E-state index is 13.7. The molecule has 1 aromatic heterocycles. The average Bonchev–Trinajstić information content (AvgIpc) is 2.65. The SMILES string of the molecule is O=C(Nc1ccccc1C(F)(F)F)c1ccnc(Nc2c(F)cccc2F)n1. The molecule has 10 heteroatoms. The van der Waals surface area contributed by atoms with Gasteiger partial charge in [-0.15, -0.1) is 0 Å². The largest absolute Gasteiger partial charge is 0.418 e. The molecule has 1 amide bonds. The smallest absolute Gasteiger partial charge is 0.320 e. The fourth-order valence-corrected chi connectivity index (χ4v) is 2.30. The van der Waals surface area contributed by atoms with Crippen LogP contribution >= 0.6 is 0 Å². The molecule has 0 fully saturated rings. The molecule has 3 aromatic rings. The topological polar surface area (TPSA) is 66.9 Å². The number of amides is 1. The summed E-state index contributed by atoms with van der Waals surface area (Å²) < 4.78 is 66.5. The van der Waals surface area contributed by atoms with Gasteiger partial charge in [0.15, 0.2) is 0 Å². The molecule has 0 unspecified atom stereocenters. The van der Waals surface area contributed by atoms with Crippen LogP contribution in [0.25, 0.3) is 0 Å². The number of hydrogen-bond donors (Lipinski definition) is 2. The van der Waals surface area contributed by atoms with Crippen LogP contribution in [0.3, 0.4) is 0 Å². The van der Waals surface area contributed by atoms with E-state index in [-0.39, 0.29) is 11.6 Å². The third-order valence-corrected chi connectivity index (χ3v) is 3.57. The van der Waals surface area contributed by atoms with Crippen LogP contribution in [0.15, 0.2) is 54.7 Å². The van der Waals surface area contributed by atoms with Crippen molar-refractivity contribution < 1.29 is 26.7 Å². The average molecular weight is 394 g/mol. The fraction of sp³-hybridized carbons (Fsp3) is 0.0556. The van der Waals surface area contributed by atoms with Crippen molar-refractivity contribution in [2.45, 2.75) is 6.18 Å². The minimum absolute atomic E-state index is 0.300. The van der Waals surface area contributed by atoms with E-state index >= 15 is 0 Å². The number of halogens is 5. The summed E-state index contributed by atoms with van der Waals surface area (Å²) in [4.78, 5) is 19.8. The number of para-hydroxylation sites is 2. The minimum atomic E-state index is -4.66. The van der Waals surface area contributed by atoms with E-state index in [0.717, 1.165) is 36.5 Å². The lowest BCUT2D eigenvalue weighted by Crippen LogP contribution is -2.18. The van der Waals surface area contributed by atoms with Crippen molar-refractivity contribution in [3.63, 3.8) is 0 Å². The molecule has 0 spiro atoms. The van der Waals surface area contributed by atoms with Crippen molar-refractivity contribution in [2.75, 3.05) is 10.6 Å². The van der Waals surface area contributed by atoms with Crippen molar-refractivity contribution in [2.24, 2.45) is 0 Å². The van der Waals surface area contributed by atoms with Gasteiger partial charge in [-0.3, -0.25) is 4.79 Å². The molecule has 2 N–H and O–H groups in total. The van der Waals surface area contributed by atoms with Gasteiger partial charge in [-0.1, -0.05) is 18.2 Å². The van der Waals surface area contributed by atoms with Crippen LogP contribution in [-0.2, 0) is 6.18 Å². The van der Waals surface area contributed by atoms with E-state index in [0.29, 0.717) is 0 Å². The Hall–Kier alpha value is -3.56. The standard InChI is InChI=1S/C18H11F5N4O/c19-11-5-3-6-12(20)15(11)27-17-24-9-8-14(26-17)16(28)25-13-7-2-1-4-10(13)18(21,22)23/h1-9H,(H,25,28)(H,24,26,27). The van der Waals surface area contributed by atoms with E-state index in [4.69, 9.17) is 0 Å². The van der Waals surface area contributed by atoms with Crippen molar-refractivity contribution in [3.8, 4) is 0 Å². The van der Waals surface area contributed by atoms with Gasteiger partial charge in [0.25, 0.3) is 5.91 Å². The Kier molecular flexibility index (Phi) is 5.21. The predicted octanol–water partition coefficient (Wildman–Crippen LogP) is 4.77. The molecule has 144 valence electrons. The number of alkyl halides is 3. The van der Waals surface area contributed by atoms with Crippen molar-refractivity contribution >= 4 is 23.2 Å². The zero-order valence-electron chi connectivity index (χ0n) is 13.9. The van der Waals surface area contributed by atoms with E-state index < -0.39 is 40.7 Å². The summed E-state index contributed by atoms with van der Waals surface area (Å²) in [5.74, 6) is -3.06. The van der Waals surface area contributed by atoms with Crippen LogP contribution in [0.4, 0.5) is 39.3 Å². The molecule has 0 aliphatic heterocycles. The minimum Gasteiger partial charge on any atom is -0.320 e. The van der Waals surface area contributed by atoms with Gasteiger partial charge in [-0.05, 0) is 30.3 Å². The van der Waals surface area contributed by atoms with E-state index in [1.807, 2.05) is 0 Å². The molecule has 1 heterocycles. The number of rotatable bonds is 4. The molecule has 0 aliphatic rings. The molecule has 0 bridgehead atoms. The number of benzene rings is 2. The number of carbonyl (C=O) groups excluding carboxylic acids is 1. The quantitative estimate of drug-likeness (QED) is 0.626. The van der Waals surface area contributed by atoms with Gasteiger partial charge >= 0.3 is 6.18 Å². The summed E-state index contributed by atoms with van der Waals surface area (Å²) in [6.07, 6.45) is -3.54. The molecule has 0 saturated heterocycles. The lowest BCUT2D eigenvalue weighted by atomic mass is 10.1. The highest BCUT2D eigenvalue weighted by Gasteiger charge is 2.33. The summed E-state index contributed by atoms with van der Waals surface area (Å²) >= 11 is 0. The van der Waals surface area contributed by atoms with Gasteiger partial charge in [-0.2, -0.15) is 13.2 Å². The number of aromatic nitrogens is 2. The maximum atomic E-state index is 13.7. The molecular weight excluding hydrogens is 383 g/mol. The maximum Gasteiger partial charge on any atom is 0.418 e. The third kappa shape index (κ3) is 4.22. The molecule has 5 nitrogen and oxygen atoms in total. The van der Waals surface area contributed by atoms with Crippen molar-refractivity contribution in [3.05, 3.63) is 77.6 Å². The summed E-state index contributed by atoms with van der Waals surface area (Å²) in [7, 11) is 0. The molecular formula is C18H11F5N4O. The summed E-state index contributed by atoms with van der Waals surface area (Å²) in [5.41, 5.74) is -2.30. The van der Waals surface area contributed by atoms with Crippen LogP contribution in [0.1, 0.15) is 16.1 Å². The summed E-state index contributed by atoms with van der Waals surface area (Å²) in [6.45, 7) is 0. The second-order valence-electron chi connectivity index (χ2n) is 5.48. The van der Waals surface area contributed by atoms with Gasteiger partial charge in [-0.25, -0.2) is 18.7 Å². The lowest BCUT2D eigenvalue weighted by molar-refractivity contribution is -0.136. The van der Waals surface area contributed by atoms with Gasteiger partial charge in [0.05, 0.1) is 11.3 Å². The summed E-state index contributed by atoms with van der Waals surface area (Å²) in [6, 6.07) is 8.77. The Balaban J connectivity index is 1.84. The van der Waals surface area contributed by atoms with E-state index in [2.05, 4.69) is 20.6 Å². The van der Waals surface area contributed by atoms with Crippen molar-refractivity contribution in [1.29, 1.82) is 0 Å². The Morgan fingerprint density at radius 1 is 0.929 bits per heavy atom. The first-order chi connectivity index (χ1) is 13.3. The second-order valence-corrected chi connectivity index (χ2v) is 5.48. The van der Waals surface area contributed by atoms with Crippen LogP contribution < -0.4 is 10.6 Å². The molecule has 2 aromatic carbocycles. The number of hydrogen-bond acceptors (Lipinski definition) is 4. The Labute approximate surface area is 155 Å². The predicted molar refractivity (Wildman–Crippen MR) is 91.1 cm³/mol. The Morgan fingerprint density at radius 3 is 2.29 bits per heavy atom. The number of anilines is 3. The normalized spacial score (nSPS) is 11.2. The summed E-state index contributed by atoms with van der Waals surface area (Å²) in [5, 5.41) is 4.43. The fourth-order valence-electron chi connectivity index (χ4n) is 2.30. The molecule has 3 rings (SSSR count). The van der Waals surface area contributed by atoms with Gasteiger partial charge in [0.1, 0.15) is 23.0 Å². The first-order valence-corrected chi connectivity index (χ1v) is 7.77. The van der Waals surface area contributed by atoms with Gasteiger partial charge < -0.3 is 10.6 Å². The van der Waals surface area contributed by atoms with Crippen LogP contribution in [-0.4, -0.2) is 15.9 Å². The monoisotopic (exact) mass is 394 g/mol. The molecule has 0 aliphatic carbocycles. The number of carbonyl (C=O) groups is 1. The zero-order valence-corrected chi connectivity index (χ0v) is 13.9. The van der Waals surface area contributed by atoms with Gasteiger partial charge in [0, 0.05) is 6.20 Å². The van der Waals surface area contributed by atoms with E-state index in [9.17, 15) is 26.7 Å². The first-order valence-electron chi connectivity index (χ1n) is 7.77. The number of nitrogens with one attached hydrogen (secondary N) is 2. The highest BCUT2D eigenvalue weighted by Crippen LogP contribution is 2.34. The Morgan fingerprint density at radius 2 is 1.61 bits per heavy atom. The number of nitrogens with zero attached hydrogens (tertiary/aromatic N) is 2. The zero-order chi connectivity index (χ0) is 20.3. The van der Waals surface area contributed by atoms with Gasteiger partial charge in [0.2, 0.25) is 5.95 Å². The van der Waals surface area contributed by atoms with Crippen LogP contribution in [0, 0.1) is 11.6 Å². The first kappa shape index (κ1) is 19.2. The van der Waals surface area contributed by atoms with Crippen LogP contribution in [0.2, 0.25) is 0 Å². The van der Waals surface area contributed by atoms with E-state index in [1.54, 1.807) is 0 Å². The van der Waals surface area contributed by atoms with Crippen LogP contribution in [0.5, 0.6) is 0 Å². The Bertz CT molecular complexity index is 1000. The third-order valence-electron chi connectivity index (χ3n) is 3.57. The molecule has 0 saturated carbocycles. The van der Waals surface area contributed by atoms with E-state index in [1.165, 1.54) is 18.2 Å². The highest BCUT2D eigenvalue weighted by atomic mass is 19.4.